The molecule has 0 bridgehead atoms. The third-order valence-corrected chi connectivity index (χ3v) is 8.53. The SMILES string of the molecule is COc1cc(S(C)(=O)=O)cc(C(=O)N2Cc3ccc(C4CCOCC4)cc3C2)c1C1CCC1. The summed E-state index contributed by atoms with van der Waals surface area (Å²) in [7, 11) is -1.94. The Morgan fingerprint density at radius 1 is 1.00 bits per heavy atom. The Morgan fingerprint density at radius 2 is 1.73 bits per heavy atom. The number of hydrogen-bond acceptors (Lipinski definition) is 5. The van der Waals surface area contributed by atoms with Crippen LogP contribution in [-0.2, 0) is 27.7 Å². The summed E-state index contributed by atoms with van der Waals surface area (Å²) >= 11 is 0. The quantitative estimate of drug-likeness (QED) is 0.648. The molecule has 0 aromatic heterocycles. The summed E-state index contributed by atoms with van der Waals surface area (Å²) in [5, 5.41) is 0. The fourth-order valence-corrected chi connectivity index (χ4v) is 5.95. The Balaban J connectivity index is 1.47. The zero-order chi connectivity index (χ0) is 23.2. The normalized spacial score (nSPS) is 19.3. The number of amides is 1. The molecule has 33 heavy (non-hydrogen) atoms. The van der Waals surface area contributed by atoms with E-state index < -0.39 is 9.84 Å². The minimum Gasteiger partial charge on any atom is -0.496 e. The van der Waals surface area contributed by atoms with Gasteiger partial charge in [-0.25, -0.2) is 8.42 Å². The smallest absolute Gasteiger partial charge is 0.254 e. The highest BCUT2D eigenvalue weighted by atomic mass is 32.2. The first kappa shape index (κ1) is 22.4. The van der Waals surface area contributed by atoms with Crippen LogP contribution >= 0.6 is 0 Å². The number of fused-ring (bicyclic) bond motifs is 1. The number of benzene rings is 2. The molecule has 5 rings (SSSR count). The second-order valence-electron chi connectivity index (χ2n) is 9.56. The van der Waals surface area contributed by atoms with Crippen LogP contribution in [0.1, 0.15) is 76.6 Å². The van der Waals surface area contributed by atoms with Gasteiger partial charge in [-0.3, -0.25) is 4.79 Å². The molecule has 0 radical (unpaired) electrons. The second kappa shape index (κ2) is 8.76. The lowest BCUT2D eigenvalue weighted by molar-refractivity contribution is 0.0748. The van der Waals surface area contributed by atoms with Crippen LogP contribution in [0.5, 0.6) is 5.75 Å². The predicted molar refractivity (Wildman–Crippen MR) is 126 cm³/mol. The maximum Gasteiger partial charge on any atom is 0.254 e. The van der Waals surface area contributed by atoms with Gasteiger partial charge in [-0.1, -0.05) is 24.6 Å². The number of carbonyl (C=O) groups excluding carboxylic acids is 1. The van der Waals surface area contributed by atoms with E-state index in [-0.39, 0.29) is 16.7 Å². The average Bonchev–Trinajstić information content (AvgIpc) is 3.21. The molecule has 0 unspecified atom stereocenters. The molecule has 1 saturated heterocycles. The summed E-state index contributed by atoms with van der Waals surface area (Å²) in [5.74, 6) is 1.13. The van der Waals surface area contributed by atoms with Crippen LogP contribution in [-0.4, -0.2) is 45.8 Å². The number of ether oxygens (including phenoxy) is 2. The van der Waals surface area contributed by atoms with E-state index >= 15 is 0 Å². The molecule has 2 aromatic rings. The Hall–Kier alpha value is -2.38. The molecule has 0 spiro atoms. The summed E-state index contributed by atoms with van der Waals surface area (Å²) in [5.41, 5.74) is 5.00. The van der Waals surface area contributed by atoms with E-state index in [2.05, 4.69) is 18.2 Å². The Bertz CT molecular complexity index is 1180. The van der Waals surface area contributed by atoms with Crippen molar-refractivity contribution in [3.8, 4) is 5.75 Å². The number of nitrogens with zero attached hydrogens (tertiary/aromatic N) is 1. The first-order valence-electron chi connectivity index (χ1n) is 11.8. The Morgan fingerprint density at radius 3 is 2.36 bits per heavy atom. The Labute approximate surface area is 195 Å². The molecular formula is C26H31NO5S. The molecular weight excluding hydrogens is 438 g/mol. The minimum atomic E-state index is -3.48. The van der Waals surface area contributed by atoms with E-state index in [1.54, 1.807) is 19.2 Å². The number of carbonyl (C=O) groups is 1. The molecule has 2 heterocycles. The van der Waals surface area contributed by atoms with Crippen LogP contribution < -0.4 is 4.74 Å². The van der Waals surface area contributed by atoms with Crippen molar-refractivity contribution in [2.45, 2.75) is 61.9 Å². The Kier molecular flexibility index (Phi) is 5.95. The minimum absolute atomic E-state index is 0.121. The van der Waals surface area contributed by atoms with Gasteiger partial charge < -0.3 is 14.4 Å². The standard InChI is InChI=1S/C26H31NO5S/c1-31-24-14-22(33(2,29)30)13-23(25(24)18-4-3-5-18)26(28)27-15-20-7-6-19(12-21(20)16-27)17-8-10-32-11-9-17/h6-7,12-14,17-18H,3-5,8-11,15-16H2,1-2H3. The molecule has 1 saturated carbocycles. The van der Waals surface area contributed by atoms with Gasteiger partial charge >= 0.3 is 0 Å². The van der Waals surface area contributed by atoms with Crippen molar-refractivity contribution in [3.63, 3.8) is 0 Å². The van der Waals surface area contributed by atoms with Crippen molar-refractivity contribution >= 4 is 15.7 Å². The molecule has 1 aliphatic carbocycles. The molecule has 7 heteroatoms. The van der Waals surface area contributed by atoms with Gasteiger partial charge in [0.05, 0.1) is 12.0 Å². The van der Waals surface area contributed by atoms with Gasteiger partial charge in [0.15, 0.2) is 9.84 Å². The van der Waals surface area contributed by atoms with Crippen LogP contribution in [0.2, 0.25) is 0 Å². The van der Waals surface area contributed by atoms with E-state index in [1.165, 1.54) is 17.4 Å². The van der Waals surface area contributed by atoms with E-state index in [1.807, 2.05) is 4.90 Å². The molecule has 2 aliphatic heterocycles. The first-order chi connectivity index (χ1) is 15.8. The van der Waals surface area contributed by atoms with E-state index in [0.717, 1.165) is 56.4 Å². The van der Waals surface area contributed by atoms with Crippen LogP contribution in [0.25, 0.3) is 0 Å². The summed E-state index contributed by atoms with van der Waals surface area (Å²) in [6.45, 7) is 2.68. The second-order valence-corrected chi connectivity index (χ2v) is 11.6. The van der Waals surface area contributed by atoms with Crippen molar-refractivity contribution in [3.05, 3.63) is 58.1 Å². The lowest BCUT2D eigenvalue weighted by Gasteiger charge is -2.30. The summed E-state index contributed by atoms with van der Waals surface area (Å²) in [6.07, 6.45) is 6.32. The lowest BCUT2D eigenvalue weighted by atomic mass is 9.77. The van der Waals surface area contributed by atoms with E-state index in [0.29, 0.717) is 30.3 Å². The predicted octanol–water partition coefficient (Wildman–Crippen LogP) is 4.42. The molecule has 1 amide bonds. The monoisotopic (exact) mass is 469 g/mol. The van der Waals surface area contributed by atoms with Crippen molar-refractivity contribution in [2.75, 3.05) is 26.6 Å². The lowest BCUT2D eigenvalue weighted by Crippen LogP contribution is -2.28. The average molecular weight is 470 g/mol. The van der Waals surface area contributed by atoms with Gasteiger partial charge in [0.25, 0.3) is 5.91 Å². The van der Waals surface area contributed by atoms with Crippen LogP contribution in [0, 0.1) is 0 Å². The number of sulfone groups is 1. The third-order valence-electron chi connectivity index (χ3n) is 7.44. The molecule has 2 fully saturated rings. The summed E-state index contributed by atoms with van der Waals surface area (Å²) in [4.78, 5) is 15.7. The first-order valence-corrected chi connectivity index (χ1v) is 13.6. The molecule has 176 valence electrons. The van der Waals surface area contributed by atoms with E-state index in [9.17, 15) is 13.2 Å². The summed E-state index contributed by atoms with van der Waals surface area (Å²) < 4.78 is 35.8. The molecule has 6 nitrogen and oxygen atoms in total. The van der Waals surface area contributed by atoms with Gasteiger partial charge in [-0.05, 0) is 66.3 Å². The zero-order valence-corrected chi connectivity index (χ0v) is 20.1. The third kappa shape index (κ3) is 4.28. The zero-order valence-electron chi connectivity index (χ0n) is 19.3. The summed E-state index contributed by atoms with van der Waals surface area (Å²) in [6, 6.07) is 9.71. The van der Waals surface area contributed by atoms with Crippen LogP contribution in [0.3, 0.4) is 0 Å². The van der Waals surface area contributed by atoms with Crippen molar-refractivity contribution in [1.82, 2.24) is 4.90 Å². The van der Waals surface area contributed by atoms with Gasteiger partial charge in [0.2, 0.25) is 0 Å². The van der Waals surface area contributed by atoms with Crippen LogP contribution in [0.15, 0.2) is 35.2 Å². The maximum absolute atomic E-state index is 13.8. The molecule has 3 aliphatic rings. The fourth-order valence-electron chi connectivity index (χ4n) is 5.29. The maximum atomic E-state index is 13.8. The highest BCUT2D eigenvalue weighted by Crippen LogP contribution is 2.44. The van der Waals surface area contributed by atoms with Crippen molar-refractivity contribution in [2.24, 2.45) is 0 Å². The molecule has 0 atom stereocenters. The van der Waals surface area contributed by atoms with Gasteiger partial charge in [-0.2, -0.15) is 0 Å². The van der Waals surface area contributed by atoms with Crippen molar-refractivity contribution < 1.29 is 22.7 Å². The van der Waals surface area contributed by atoms with Gasteiger partial charge in [0.1, 0.15) is 5.75 Å². The largest absolute Gasteiger partial charge is 0.496 e. The highest BCUT2D eigenvalue weighted by molar-refractivity contribution is 7.90. The van der Waals surface area contributed by atoms with Gasteiger partial charge in [0, 0.05) is 43.7 Å². The van der Waals surface area contributed by atoms with Crippen LogP contribution in [0.4, 0.5) is 0 Å². The topological polar surface area (TPSA) is 72.9 Å². The molecule has 2 aromatic carbocycles. The number of methoxy groups -OCH3 is 1. The van der Waals surface area contributed by atoms with E-state index in [4.69, 9.17) is 9.47 Å². The number of hydrogen-bond donors (Lipinski definition) is 0. The van der Waals surface area contributed by atoms with Crippen molar-refractivity contribution in [1.29, 1.82) is 0 Å². The highest BCUT2D eigenvalue weighted by Gasteiger charge is 2.33. The van der Waals surface area contributed by atoms with Gasteiger partial charge in [-0.15, -0.1) is 0 Å². The molecule has 0 N–H and O–H groups in total. The fraction of sp³-hybridized carbons (Fsp3) is 0.500. The number of rotatable bonds is 5.